The third-order valence-electron chi connectivity index (χ3n) is 2.59. The Morgan fingerprint density at radius 3 is 2.06 bits per heavy atom. The molecule has 0 N–H and O–H groups in total. The summed E-state index contributed by atoms with van der Waals surface area (Å²) >= 11 is 0. The first-order valence-corrected chi connectivity index (χ1v) is 6.19. The zero-order valence-electron chi connectivity index (χ0n) is 11.2. The Labute approximate surface area is 106 Å². The Morgan fingerprint density at radius 1 is 1.11 bits per heavy atom. The Kier molecular flexibility index (Phi) is 7.17. The van der Waals surface area contributed by atoms with Crippen LogP contribution in [0.25, 0.3) is 0 Å². The van der Waals surface area contributed by atoms with Crippen LogP contribution in [0.2, 0.25) is 0 Å². The normalized spacial score (nSPS) is 17.2. The second-order valence-electron chi connectivity index (χ2n) is 4.67. The zero-order valence-corrected chi connectivity index (χ0v) is 11.2. The van der Waals surface area contributed by atoms with Crippen LogP contribution < -0.4 is 0 Å². The molecule has 0 aromatic carbocycles. The highest BCUT2D eigenvalue weighted by molar-refractivity contribution is 6.50. The average molecular weight is 268 g/mol. The van der Waals surface area contributed by atoms with Crippen LogP contribution in [0.3, 0.4) is 0 Å². The Bertz CT molecular complexity index is 292. The maximum Gasteiger partial charge on any atom is 0.673 e. The predicted octanol–water partition coefficient (Wildman–Crippen LogP) is 3.77. The quantitative estimate of drug-likeness (QED) is 0.312. The molecule has 1 aliphatic rings. The number of unbranched alkanes of at least 4 members (excludes halogenated alkanes) is 3. The smallest absolute Gasteiger partial charge is 0.418 e. The van der Waals surface area contributed by atoms with Crippen molar-refractivity contribution in [3.05, 3.63) is 0 Å². The fourth-order valence-electron chi connectivity index (χ4n) is 1.61. The van der Waals surface area contributed by atoms with Gasteiger partial charge in [0.15, 0.2) is 6.21 Å². The minimum absolute atomic E-state index is 0.00617. The maximum absolute atomic E-state index is 9.75. The summed E-state index contributed by atoms with van der Waals surface area (Å²) < 4.78 is 41.3. The lowest BCUT2D eigenvalue weighted by Crippen LogP contribution is -2.32. The van der Waals surface area contributed by atoms with Gasteiger partial charge in [0.1, 0.15) is 6.54 Å². The number of halogens is 4. The molecule has 0 spiro atoms. The Morgan fingerprint density at radius 2 is 1.67 bits per heavy atom. The van der Waals surface area contributed by atoms with Crippen molar-refractivity contribution >= 4 is 19.7 Å². The van der Waals surface area contributed by atoms with Gasteiger partial charge in [0.2, 0.25) is 5.66 Å². The van der Waals surface area contributed by atoms with Gasteiger partial charge < -0.3 is 17.3 Å². The molecule has 0 radical (unpaired) electrons. The van der Waals surface area contributed by atoms with Gasteiger partial charge in [-0.2, -0.15) is 0 Å². The largest absolute Gasteiger partial charge is 0.673 e. The summed E-state index contributed by atoms with van der Waals surface area (Å²) in [5.41, 5.74) is 0.00617. The molecule has 0 saturated heterocycles. The molecule has 1 rings (SSSR count). The molecule has 0 atom stereocenters. The second kappa shape index (κ2) is 7.54. The van der Waals surface area contributed by atoms with E-state index in [1.54, 1.807) is 0 Å². The van der Waals surface area contributed by atoms with Crippen molar-refractivity contribution in [1.29, 1.82) is 0 Å². The molecule has 0 aliphatic carbocycles. The summed E-state index contributed by atoms with van der Waals surface area (Å²) in [5.74, 6) is 0. The van der Waals surface area contributed by atoms with E-state index in [9.17, 15) is 17.3 Å². The van der Waals surface area contributed by atoms with Gasteiger partial charge in [-0.05, 0) is 6.42 Å². The molecule has 1 heterocycles. The van der Waals surface area contributed by atoms with E-state index in [4.69, 9.17) is 0 Å². The van der Waals surface area contributed by atoms with E-state index in [1.165, 1.54) is 25.7 Å². The van der Waals surface area contributed by atoms with E-state index in [0.29, 0.717) is 0 Å². The summed E-state index contributed by atoms with van der Waals surface area (Å²) in [5, 5.41) is 0. The highest BCUT2D eigenvalue weighted by Gasteiger charge is 2.30. The van der Waals surface area contributed by atoms with E-state index in [1.807, 2.05) is 6.21 Å². The molecular formula is C11H21BF4N2. The van der Waals surface area contributed by atoms with Gasteiger partial charge in [0, 0.05) is 20.3 Å². The first kappa shape index (κ1) is 17.1. The topological polar surface area (TPSA) is 15.4 Å². The van der Waals surface area contributed by atoms with Crippen molar-refractivity contribution in [2.75, 3.05) is 6.54 Å². The number of aliphatic imine (C=N–C) groups is 1. The van der Waals surface area contributed by atoms with E-state index in [2.05, 4.69) is 36.6 Å². The molecule has 106 valence electrons. The molecule has 0 aromatic rings. The summed E-state index contributed by atoms with van der Waals surface area (Å²) in [6.07, 6.45) is 9.32. The van der Waals surface area contributed by atoms with Crippen LogP contribution >= 0.6 is 0 Å². The third-order valence-corrected chi connectivity index (χ3v) is 2.59. The molecule has 0 aromatic heterocycles. The van der Waals surface area contributed by atoms with Crippen LogP contribution in [0.1, 0.15) is 46.5 Å². The highest BCUT2D eigenvalue weighted by Crippen LogP contribution is 2.14. The van der Waals surface area contributed by atoms with Gasteiger partial charge in [-0.25, -0.2) is 9.57 Å². The lowest BCUT2D eigenvalue weighted by atomic mass is 10.2. The number of hydrogen-bond acceptors (Lipinski definition) is 1. The molecule has 0 unspecified atom stereocenters. The zero-order chi connectivity index (χ0) is 14.2. The molecule has 0 amide bonds. The van der Waals surface area contributed by atoms with Crippen molar-refractivity contribution in [1.82, 2.24) is 0 Å². The van der Waals surface area contributed by atoms with Gasteiger partial charge >= 0.3 is 7.25 Å². The third kappa shape index (κ3) is 9.19. The van der Waals surface area contributed by atoms with Crippen LogP contribution in [-0.2, 0) is 0 Å². The fraction of sp³-hybridized carbons (Fsp3) is 0.818. The monoisotopic (exact) mass is 268 g/mol. The van der Waals surface area contributed by atoms with Crippen LogP contribution in [0.15, 0.2) is 4.99 Å². The summed E-state index contributed by atoms with van der Waals surface area (Å²) in [6.45, 7) is 7.71. The van der Waals surface area contributed by atoms with E-state index < -0.39 is 7.25 Å². The molecule has 2 nitrogen and oxygen atoms in total. The first-order chi connectivity index (χ1) is 8.17. The lowest BCUT2D eigenvalue weighted by Gasteiger charge is -2.13. The van der Waals surface area contributed by atoms with Gasteiger partial charge in [0.05, 0.1) is 6.21 Å². The van der Waals surface area contributed by atoms with Crippen molar-refractivity contribution in [3.63, 3.8) is 0 Å². The van der Waals surface area contributed by atoms with Crippen molar-refractivity contribution in [2.45, 2.75) is 52.1 Å². The van der Waals surface area contributed by atoms with Crippen LogP contribution in [-0.4, -0.2) is 36.5 Å². The van der Waals surface area contributed by atoms with E-state index >= 15 is 0 Å². The van der Waals surface area contributed by atoms with E-state index in [0.717, 1.165) is 6.54 Å². The van der Waals surface area contributed by atoms with Crippen LogP contribution in [0.5, 0.6) is 0 Å². The SMILES string of the molecule is CCCCCC[N+]1=CC=NC1(C)C.F[B-](F)(F)F. The molecule has 18 heavy (non-hydrogen) atoms. The summed E-state index contributed by atoms with van der Waals surface area (Å²) in [6, 6.07) is 0. The van der Waals surface area contributed by atoms with Crippen molar-refractivity contribution < 1.29 is 21.8 Å². The first-order valence-electron chi connectivity index (χ1n) is 6.19. The van der Waals surface area contributed by atoms with Crippen LogP contribution in [0.4, 0.5) is 17.3 Å². The van der Waals surface area contributed by atoms with Gasteiger partial charge in [-0.3, -0.25) is 0 Å². The van der Waals surface area contributed by atoms with Crippen LogP contribution in [0, 0.1) is 0 Å². The van der Waals surface area contributed by atoms with Crippen molar-refractivity contribution in [2.24, 2.45) is 4.99 Å². The van der Waals surface area contributed by atoms with E-state index in [-0.39, 0.29) is 5.66 Å². The number of rotatable bonds is 5. The molecule has 0 saturated carbocycles. The molecule has 7 heteroatoms. The molecule has 0 bridgehead atoms. The molecule has 0 fully saturated rings. The minimum Gasteiger partial charge on any atom is -0.418 e. The predicted molar refractivity (Wildman–Crippen MR) is 68.1 cm³/mol. The fourth-order valence-corrected chi connectivity index (χ4v) is 1.61. The van der Waals surface area contributed by atoms with Gasteiger partial charge in [-0.1, -0.05) is 19.8 Å². The summed E-state index contributed by atoms with van der Waals surface area (Å²) in [4.78, 5) is 4.39. The van der Waals surface area contributed by atoms with Crippen molar-refractivity contribution in [3.8, 4) is 0 Å². The van der Waals surface area contributed by atoms with Gasteiger partial charge in [0.25, 0.3) is 0 Å². The maximum atomic E-state index is 9.75. The Hall–Kier alpha value is -0.875. The average Bonchev–Trinajstić information content (AvgIpc) is 2.50. The number of hydrogen-bond donors (Lipinski definition) is 0. The highest BCUT2D eigenvalue weighted by atomic mass is 19.5. The molecular weight excluding hydrogens is 247 g/mol. The second-order valence-corrected chi connectivity index (χ2v) is 4.67. The van der Waals surface area contributed by atoms with Gasteiger partial charge in [-0.15, -0.1) is 0 Å². The molecule has 1 aliphatic heterocycles. The minimum atomic E-state index is -6.00. The summed E-state index contributed by atoms with van der Waals surface area (Å²) in [7, 11) is -6.00. The standard InChI is InChI=1S/C11H21N2.BF4/c1-4-5-6-7-9-13-10-8-12-11(13,2)3;2-1(3,4)5/h8,10H,4-7,9H2,1-3H3;/q+1;-1. The lowest BCUT2D eigenvalue weighted by molar-refractivity contribution is -0.590. The number of nitrogens with zero attached hydrogens (tertiary/aromatic N) is 2. The Balaban J connectivity index is 0.000000494.